The maximum Gasteiger partial charge on any atom is 0.310 e. The molecule has 0 aliphatic heterocycles. The average molecular weight is 241 g/mol. The summed E-state index contributed by atoms with van der Waals surface area (Å²) in [4.78, 5) is 25.4. The third-order valence-corrected chi connectivity index (χ3v) is 3.41. The molecule has 0 aromatic rings. The first kappa shape index (κ1) is 14.0. The Labute approximate surface area is 103 Å². The largest absolute Gasteiger partial charge is 0.469 e. The first-order valence-corrected chi connectivity index (χ1v) is 6.39. The number of methoxy groups -OCH3 is 1. The van der Waals surface area contributed by atoms with E-state index < -0.39 is 0 Å². The monoisotopic (exact) mass is 241 g/mol. The fourth-order valence-corrected chi connectivity index (χ4v) is 1.84. The lowest BCUT2D eigenvalue weighted by molar-refractivity contribution is -0.147. The number of ether oxygens (including phenoxy) is 1. The van der Waals surface area contributed by atoms with E-state index in [1.165, 1.54) is 7.11 Å². The Hall–Kier alpha value is -1.06. The summed E-state index contributed by atoms with van der Waals surface area (Å²) in [6, 6.07) is 0.190. The first-order valence-electron chi connectivity index (χ1n) is 6.39. The number of hydrogen-bond acceptors (Lipinski definition) is 3. The van der Waals surface area contributed by atoms with Crippen molar-refractivity contribution in [2.75, 3.05) is 13.7 Å². The van der Waals surface area contributed by atoms with Gasteiger partial charge in [0.15, 0.2) is 0 Å². The van der Waals surface area contributed by atoms with E-state index in [2.05, 4.69) is 6.92 Å². The molecule has 1 aliphatic carbocycles. The van der Waals surface area contributed by atoms with E-state index in [1.807, 2.05) is 11.8 Å². The molecule has 1 saturated carbocycles. The highest BCUT2D eigenvalue weighted by atomic mass is 16.5. The Morgan fingerprint density at radius 3 is 2.35 bits per heavy atom. The van der Waals surface area contributed by atoms with Gasteiger partial charge < -0.3 is 9.64 Å². The minimum absolute atomic E-state index is 0.190. The van der Waals surface area contributed by atoms with Crippen LogP contribution >= 0.6 is 0 Å². The lowest BCUT2D eigenvalue weighted by Crippen LogP contribution is -2.43. The van der Waals surface area contributed by atoms with Gasteiger partial charge in [0.05, 0.1) is 13.0 Å². The van der Waals surface area contributed by atoms with Gasteiger partial charge in [0.1, 0.15) is 0 Å². The number of rotatable bonds is 6. The molecule has 0 spiro atoms. The molecule has 98 valence electrons. The summed E-state index contributed by atoms with van der Waals surface area (Å²) in [5.74, 6) is -0.0949. The molecule has 4 nitrogen and oxygen atoms in total. The molecule has 4 heteroatoms. The van der Waals surface area contributed by atoms with Crippen molar-refractivity contribution in [1.29, 1.82) is 0 Å². The molecule has 0 heterocycles. The van der Waals surface area contributed by atoms with Gasteiger partial charge >= 0.3 is 5.97 Å². The van der Waals surface area contributed by atoms with E-state index in [1.54, 1.807) is 6.92 Å². The Bertz CT molecular complexity index is 286. The minimum atomic E-state index is -0.253. The predicted octanol–water partition coefficient (Wildman–Crippen LogP) is 1.83. The zero-order valence-corrected chi connectivity index (χ0v) is 11.2. The molecule has 0 bridgehead atoms. The van der Waals surface area contributed by atoms with E-state index in [9.17, 15) is 9.59 Å². The Morgan fingerprint density at radius 1 is 1.35 bits per heavy atom. The third kappa shape index (κ3) is 3.72. The van der Waals surface area contributed by atoms with Crippen LogP contribution in [0, 0.1) is 11.8 Å². The van der Waals surface area contributed by atoms with Crippen molar-refractivity contribution in [3.05, 3.63) is 0 Å². The lowest BCUT2D eigenvalue weighted by atomic mass is 10.1. The van der Waals surface area contributed by atoms with Gasteiger partial charge in [-0.25, -0.2) is 0 Å². The molecule has 0 radical (unpaired) electrons. The van der Waals surface area contributed by atoms with Crippen LogP contribution in [0.3, 0.4) is 0 Å². The van der Waals surface area contributed by atoms with Crippen molar-refractivity contribution in [1.82, 2.24) is 4.90 Å². The number of amides is 1. The maximum absolute atomic E-state index is 12.1. The van der Waals surface area contributed by atoms with Gasteiger partial charge in [-0.3, -0.25) is 9.59 Å². The van der Waals surface area contributed by atoms with E-state index in [0.717, 1.165) is 19.3 Å². The molecule has 0 saturated heterocycles. The molecular formula is C13H23NO3. The summed E-state index contributed by atoms with van der Waals surface area (Å²) < 4.78 is 4.71. The average Bonchev–Trinajstić information content (AvgIpc) is 3.16. The smallest absolute Gasteiger partial charge is 0.310 e. The summed E-state index contributed by atoms with van der Waals surface area (Å²) in [5, 5.41) is 0. The Kier molecular flexibility index (Phi) is 4.97. The molecule has 1 fully saturated rings. The topological polar surface area (TPSA) is 46.6 Å². The fraction of sp³-hybridized carbons (Fsp3) is 0.846. The minimum Gasteiger partial charge on any atom is -0.469 e. The number of esters is 1. The van der Waals surface area contributed by atoms with Crippen molar-refractivity contribution in [3.63, 3.8) is 0 Å². The lowest BCUT2D eigenvalue weighted by Gasteiger charge is -2.30. The number of nitrogens with zero attached hydrogens (tertiary/aromatic N) is 1. The standard InChI is InChI=1S/C13H23NO3/c1-5-10(3)14(12(15)11-6-7-11)8-9(2)13(16)17-4/h9-11H,5-8H2,1-4H3. The molecule has 1 rings (SSSR count). The van der Waals surface area contributed by atoms with Gasteiger partial charge in [-0.15, -0.1) is 0 Å². The van der Waals surface area contributed by atoms with Crippen LogP contribution in [0.2, 0.25) is 0 Å². The van der Waals surface area contributed by atoms with Crippen LogP contribution in [0.25, 0.3) is 0 Å². The highest BCUT2D eigenvalue weighted by Gasteiger charge is 2.36. The first-order chi connectivity index (χ1) is 8.01. The van der Waals surface area contributed by atoms with Gasteiger partial charge in [-0.1, -0.05) is 13.8 Å². The van der Waals surface area contributed by atoms with Gasteiger partial charge in [-0.05, 0) is 26.2 Å². The summed E-state index contributed by atoms with van der Waals surface area (Å²) >= 11 is 0. The zero-order chi connectivity index (χ0) is 13.0. The van der Waals surface area contributed by atoms with Gasteiger partial charge in [0.25, 0.3) is 0 Å². The molecule has 1 aliphatic rings. The van der Waals surface area contributed by atoms with E-state index >= 15 is 0 Å². The van der Waals surface area contributed by atoms with Gasteiger partial charge in [0, 0.05) is 18.5 Å². The quantitative estimate of drug-likeness (QED) is 0.666. The zero-order valence-electron chi connectivity index (χ0n) is 11.2. The van der Waals surface area contributed by atoms with Crippen molar-refractivity contribution in [2.24, 2.45) is 11.8 Å². The molecule has 1 amide bonds. The molecule has 17 heavy (non-hydrogen) atoms. The second-order valence-electron chi connectivity index (χ2n) is 4.95. The second-order valence-corrected chi connectivity index (χ2v) is 4.95. The second kappa shape index (κ2) is 6.03. The van der Waals surface area contributed by atoms with E-state index in [-0.39, 0.29) is 29.8 Å². The van der Waals surface area contributed by atoms with Crippen LogP contribution in [-0.4, -0.2) is 36.5 Å². The number of carbonyl (C=O) groups is 2. The van der Waals surface area contributed by atoms with Crippen LogP contribution in [-0.2, 0) is 14.3 Å². The highest BCUT2D eigenvalue weighted by molar-refractivity contribution is 5.82. The molecular weight excluding hydrogens is 218 g/mol. The van der Waals surface area contributed by atoms with Crippen molar-refractivity contribution >= 4 is 11.9 Å². The number of carbonyl (C=O) groups excluding carboxylic acids is 2. The van der Waals surface area contributed by atoms with Crippen LogP contribution in [0.15, 0.2) is 0 Å². The molecule has 0 aromatic carbocycles. The third-order valence-electron chi connectivity index (χ3n) is 3.41. The summed E-state index contributed by atoms with van der Waals surface area (Å²) in [5.41, 5.74) is 0. The molecule has 2 unspecified atom stereocenters. The Morgan fingerprint density at radius 2 is 1.94 bits per heavy atom. The Balaban J connectivity index is 2.62. The van der Waals surface area contributed by atoms with Crippen molar-refractivity contribution < 1.29 is 14.3 Å². The predicted molar refractivity (Wildman–Crippen MR) is 65.4 cm³/mol. The summed E-state index contributed by atoms with van der Waals surface area (Å²) in [7, 11) is 1.38. The normalized spacial score (nSPS) is 18.4. The number of hydrogen-bond donors (Lipinski definition) is 0. The van der Waals surface area contributed by atoms with Crippen LogP contribution < -0.4 is 0 Å². The van der Waals surface area contributed by atoms with Crippen LogP contribution in [0.1, 0.15) is 40.0 Å². The van der Waals surface area contributed by atoms with Crippen LogP contribution in [0.5, 0.6) is 0 Å². The highest BCUT2D eigenvalue weighted by Crippen LogP contribution is 2.32. The van der Waals surface area contributed by atoms with Crippen molar-refractivity contribution in [3.8, 4) is 0 Å². The summed E-state index contributed by atoms with van der Waals surface area (Å²) in [6.07, 6.45) is 2.91. The molecule has 0 aromatic heterocycles. The maximum atomic E-state index is 12.1. The fourth-order valence-electron chi connectivity index (χ4n) is 1.84. The summed E-state index contributed by atoms with van der Waals surface area (Å²) in [6.45, 7) is 6.36. The molecule has 0 N–H and O–H groups in total. The van der Waals surface area contributed by atoms with E-state index in [4.69, 9.17) is 4.74 Å². The SMILES string of the molecule is CCC(C)N(CC(C)C(=O)OC)C(=O)C1CC1. The van der Waals surface area contributed by atoms with Gasteiger partial charge in [0.2, 0.25) is 5.91 Å². The van der Waals surface area contributed by atoms with E-state index in [0.29, 0.717) is 6.54 Å². The van der Waals surface area contributed by atoms with Crippen LogP contribution in [0.4, 0.5) is 0 Å². The molecule has 2 atom stereocenters. The van der Waals surface area contributed by atoms with Crippen molar-refractivity contribution in [2.45, 2.75) is 46.1 Å². The van der Waals surface area contributed by atoms with Gasteiger partial charge in [-0.2, -0.15) is 0 Å².